The van der Waals surface area contributed by atoms with Crippen molar-refractivity contribution in [2.75, 3.05) is 19.8 Å². The highest BCUT2D eigenvalue weighted by atomic mass is 16.5. The van der Waals surface area contributed by atoms with Crippen LogP contribution in [0.4, 0.5) is 0 Å². The Kier molecular flexibility index (Phi) is 3.95. The number of aliphatic imine (C=N–C) groups is 1. The summed E-state index contributed by atoms with van der Waals surface area (Å²) in [5.41, 5.74) is 0. The maximum absolute atomic E-state index is 4.80. The molecule has 11 heavy (non-hydrogen) atoms. The molecule has 0 aliphatic carbocycles. The van der Waals surface area contributed by atoms with E-state index in [9.17, 15) is 0 Å². The molecule has 2 aliphatic heterocycles. The topological polar surface area (TPSA) is 30.8 Å². The van der Waals surface area contributed by atoms with Crippen LogP contribution in [0.1, 0.15) is 0 Å². The average Bonchev–Trinajstić information content (AvgIpc) is 2.64. The predicted octanol–water partition coefficient (Wildman–Crippen LogP) is 1.13. The van der Waals surface area contributed by atoms with Gasteiger partial charge in [-0.1, -0.05) is 6.08 Å². The zero-order valence-electron chi connectivity index (χ0n) is 6.27. The third kappa shape index (κ3) is 4.19. The minimum absolute atomic E-state index is 0.733. The standard InChI is InChI=1S/C5H6O.C3H5NO/c1-2-4-6-5-3-1;1-2-5-3-4-1/h1-4H,5H2;3H,1-2H2. The molecule has 0 spiro atoms. The monoisotopic (exact) mass is 153 g/mol. The lowest BCUT2D eigenvalue weighted by Crippen LogP contribution is -1.82. The average molecular weight is 153 g/mol. The lowest BCUT2D eigenvalue weighted by molar-refractivity contribution is 0.286. The van der Waals surface area contributed by atoms with Crippen molar-refractivity contribution in [3.63, 3.8) is 0 Å². The molecule has 0 N–H and O–H groups in total. The van der Waals surface area contributed by atoms with E-state index in [-0.39, 0.29) is 0 Å². The van der Waals surface area contributed by atoms with Crippen molar-refractivity contribution in [3.8, 4) is 0 Å². The number of rotatable bonds is 0. The first-order valence-electron chi connectivity index (χ1n) is 3.53. The normalized spacial score (nSPS) is 18.2. The molecule has 2 rings (SSSR count). The highest BCUT2D eigenvalue weighted by Gasteiger charge is 1.84. The summed E-state index contributed by atoms with van der Waals surface area (Å²) in [5, 5.41) is 0. The summed E-state index contributed by atoms with van der Waals surface area (Å²) in [5.74, 6) is 0. The predicted molar refractivity (Wildman–Crippen MR) is 43.5 cm³/mol. The molecule has 0 saturated heterocycles. The van der Waals surface area contributed by atoms with Crippen molar-refractivity contribution in [2.24, 2.45) is 4.99 Å². The van der Waals surface area contributed by atoms with Crippen molar-refractivity contribution in [2.45, 2.75) is 0 Å². The molecule has 2 aliphatic rings. The summed E-state index contributed by atoms with van der Waals surface area (Å²) in [7, 11) is 0. The van der Waals surface area contributed by atoms with Crippen molar-refractivity contribution in [1.29, 1.82) is 0 Å². The summed E-state index contributed by atoms with van der Waals surface area (Å²) in [6.45, 7) is 2.36. The van der Waals surface area contributed by atoms with Gasteiger partial charge < -0.3 is 9.47 Å². The third-order valence-electron chi connectivity index (χ3n) is 1.10. The van der Waals surface area contributed by atoms with Crippen LogP contribution in [0.2, 0.25) is 0 Å². The Morgan fingerprint density at radius 1 is 1.18 bits per heavy atom. The van der Waals surface area contributed by atoms with Crippen molar-refractivity contribution in [3.05, 3.63) is 24.5 Å². The van der Waals surface area contributed by atoms with Crippen molar-refractivity contribution < 1.29 is 9.47 Å². The van der Waals surface area contributed by atoms with Crippen LogP contribution in [0.15, 0.2) is 29.5 Å². The molecular weight excluding hydrogens is 142 g/mol. The smallest absolute Gasteiger partial charge is 0.169 e. The highest BCUT2D eigenvalue weighted by molar-refractivity contribution is 5.47. The molecule has 0 bridgehead atoms. The summed E-state index contributed by atoms with van der Waals surface area (Å²) in [6.07, 6.45) is 8.95. The summed E-state index contributed by atoms with van der Waals surface area (Å²) < 4.78 is 9.45. The Morgan fingerprint density at radius 3 is 2.36 bits per heavy atom. The lowest BCUT2D eigenvalue weighted by atomic mass is 10.5. The van der Waals surface area contributed by atoms with Gasteiger partial charge in [0.15, 0.2) is 6.40 Å². The van der Waals surface area contributed by atoms with E-state index in [2.05, 4.69) is 9.73 Å². The first-order valence-corrected chi connectivity index (χ1v) is 3.53. The second-order valence-electron chi connectivity index (χ2n) is 1.97. The van der Waals surface area contributed by atoms with Gasteiger partial charge in [-0.15, -0.1) is 0 Å². The number of ether oxygens (including phenoxy) is 2. The van der Waals surface area contributed by atoms with E-state index in [4.69, 9.17) is 4.74 Å². The minimum Gasteiger partial charge on any atom is -0.497 e. The van der Waals surface area contributed by atoms with Gasteiger partial charge in [0.1, 0.15) is 13.2 Å². The SMILES string of the molecule is C1=CCOC=C1.C1=NCCO1. The van der Waals surface area contributed by atoms with Crippen molar-refractivity contribution >= 4 is 6.40 Å². The Hall–Kier alpha value is -1.25. The first-order chi connectivity index (χ1) is 5.50. The molecule has 0 saturated carbocycles. The molecule has 60 valence electrons. The molecule has 0 fully saturated rings. The fraction of sp³-hybridized carbons (Fsp3) is 0.375. The number of nitrogens with zero attached hydrogens (tertiary/aromatic N) is 1. The van der Waals surface area contributed by atoms with E-state index in [1.54, 1.807) is 6.26 Å². The zero-order chi connectivity index (χ0) is 7.78. The molecule has 0 amide bonds. The van der Waals surface area contributed by atoms with Gasteiger partial charge >= 0.3 is 0 Å². The van der Waals surface area contributed by atoms with E-state index in [0.717, 1.165) is 19.8 Å². The fourth-order valence-electron chi connectivity index (χ4n) is 0.610. The van der Waals surface area contributed by atoms with Gasteiger partial charge in [0.2, 0.25) is 0 Å². The Balaban J connectivity index is 0.000000112. The van der Waals surface area contributed by atoms with Gasteiger partial charge in [-0.2, -0.15) is 0 Å². The fourth-order valence-corrected chi connectivity index (χ4v) is 0.610. The van der Waals surface area contributed by atoms with Crippen LogP contribution < -0.4 is 0 Å². The first kappa shape index (κ1) is 7.85. The van der Waals surface area contributed by atoms with Crippen LogP contribution in [0.5, 0.6) is 0 Å². The summed E-state index contributed by atoms with van der Waals surface area (Å²) in [4.78, 5) is 3.74. The van der Waals surface area contributed by atoms with Crippen LogP contribution in [0, 0.1) is 0 Å². The van der Waals surface area contributed by atoms with Crippen LogP contribution in [-0.2, 0) is 9.47 Å². The summed E-state index contributed by atoms with van der Waals surface area (Å²) >= 11 is 0. The van der Waals surface area contributed by atoms with Gasteiger partial charge in [-0.3, -0.25) is 4.99 Å². The Morgan fingerprint density at radius 2 is 2.18 bits per heavy atom. The maximum Gasteiger partial charge on any atom is 0.169 e. The van der Waals surface area contributed by atoms with Crippen LogP contribution in [-0.4, -0.2) is 26.2 Å². The van der Waals surface area contributed by atoms with Crippen LogP contribution in [0.3, 0.4) is 0 Å². The lowest BCUT2D eigenvalue weighted by Gasteiger charge is -1.94. The molecule has 3 nitrogen and oxygen atoms in total. The Bertz CT molecular complexity index is 155. The van der Waals surface area contributed by atoms with Gasteiger partial charge in [0.25, 0.3) is 0 Å². The van der Waals surface area contributed by atoms with Gasteiger partial charge in [-0.05, 0) is 12.2 Å². The zero-order valence-corrected chi connectivity index (χ0v) is 6.27. The van der Waals surface area contributed by atoms with Gasteiger partial charge in [-0.25, -0.2) is 0 Å². The maximum atomic E-state index is 4.80. The van der Waals surface area contributed by atoms with E-state index >= 15 is 0 Å². The number of allylic oxidation sites excluding steroid dienone is 2. The molecule has 0 radical (unpaired) electrons. The largest absolute Gasteiger partial charge is 0.497 e. The van der Waals surface area contributed by atoms with Crippen LogP contribution >= 0.6 is 0 Å². The van der Waals surface area contributed by atoms with Gasteiger partial charge in [0.05, 0.1) is 12.8 Å². The second-order valence-corrected chi connectivity index (χ2v) is 1.97. The quantitative estimate of drug-likeness (QED) is 0.522. The van der Waals surface area contributed by atoms with Gasteiger partial charge in [0, 0.05) is 0 Å². The molecule has 0 unspecified atom stereocenters. The molecular formula is C8H11NO2. The minimum atomic E-state index is 0.733. The Labute approximate surface area is 66.0 Å². The number of hydrogen-bond donors (Lipinski definition) is 0. The number of hydrogen-bond acceptors (Lipinski definition) is 3. The molecule has 0 atom stereocenters. The highest BCUT2D eigenvalue weighted by Crippen LogP contribution is 1.87. The third-order valence-corrected chi connectivity index (χ3v) is 1.10. The van der Waals surface area contributed by atoms with Crippen LogP contribution in [0.25, 0.3) is 0 Å². The van der Waals surface area contributed by atoms with E-state index in [0.29, 0.717) is 0 Å². The molecule has 2 heterocycles. The van der Waals surface area contributed by atoms with Crippen molar-refractivity contribution in [1.82, 2.24) is 0 Å². The molecule has 0 aromatic carbocycles. The second kappa shape index (κ2) is 5.53. The van der Waals surface area contributed by atoms with E-state index in [1.165, 1.54) is 6.40 Å². The molecule has 3 heteroatoms. The van der Waals surface area contributed by atoms with E-state index < -0.39 is 0 Å². The molecule has 0 aromatic rings. The van der Waals surface area contributed by atoms with E-state index in [1.807, 2.05) is 18.2 Å². The summed E-state index contributed by atoms with van der Waals surface area (Å²) in [6, 6.07) is 0. The molecule has 0 aromatic heterocycles.